The van der Waals surface area contributed by atoms with Gasteiger partial charge in [-0.05, 0) is 42.5 Å². The topological polar surface area (TPSA) is 83.4 Å². The number of anilines is 2. The number of benzene rings is 2. The summed E-state index contributed by atoms with van der Waals surface area (Å²) in [5.74, 6) is -0.115. The lowest BCUT2D eigenvalue weighted by Crippen LogP contribution is -2.50. The third-order valence-electron chi connectivity index (χ3n) is 6.80. The SMILES string of the molecule is O=C(Nc1cnc2ccccc2c1)c1ccccc1N1CCN(C(=O)Cn2ccc3cccnc32)CC1. The molecule has 2 aromatic carbocycles. The molecule has 4 heterocycles. The van der Waals surface area contributed by atoms with Gasteiger partial charge in [0, 0.05) is 55.0 Å². The van der Waals surface area contributed by atoms with Crippen molar-refractivity contribution in [1.82, 2.24) is 19.4 Å². The molecule has 1 saturated heterocycles. The molecule has 3 aromatic heterocycles. The highest BCUT2D eigenvalue weighted by Gasteiger charge is 2.24. The van der Waals surface area contributed by atoms with Crippen LogP contribution in [0.4, 0.5) is 11.4 Å². The lowest BCUT2D eigenvalue weighted by Gasteiger charge is -2.37. The van der Waals surface area contributed by atoms with E-state index in [1.165, 1.54) is 0 Å². The molecule has 8 heteroatoms. The summed E-state index contributed by atoms with van der Waals surface area (Å²) in [7, 11) is 0. The van der Waals surface area contributed by atoms with E-state index in [2.05, 4.69) is 20.2 Å². The fourth-order valence-electron chi connectivity index (χ4n) is 4.87. The van der Waals surface area contributed by atoms with E-state index < -0.39 is 0 Å². The molecule has 0 aliphatic carbocycles. The maximum Gasteiger partial charge on any atom is 0.257 e. The van der Waals surface area contributed by atoms with Crippen LogP contribution in [0.5, 0.6) is 0 Å². The van der Waals surface area contributed by atoms with Crippen molar-refractivity contribution < 1.29 is 9.59 Å². The lowest BCUT2D eigenvalue weighted by atomic mass is 10.1. The van der Waals surface area contributed by atoms with Gasteiger partial charge in [0.25, 0.3) is 5.91 Å². The quantitative estimate of drug-likeness (QED) is 0.400. The highest BCUT2D eigenvalue weighted by atomic mass is 16.2. The fourth-order valence-corrected chi connectivity index (χ4v) is 4.87. The zero-order valence-corrected chi connectivity index (χ0v) is 20.2. The number of nitrogens with one attached hydrogen (secondary N) is 1. The van der Waals surface area contributed by atoms with Crippen molar-refractivity contribution in [2.45, 2.75) is 6.54 Å². The van der Waals surface area contributed by atoms with E-state index in [0.29, 0.717) is 37.4 Å². The summed E-state index contributed by atoms with van der Waals surface area (Å²) < 4.78 is 1.89. The molecular weight excluding hydrogens is 464 g/mol. The molecule has 37 heavy (non-hydrogen) atoms. The van der Waals surface area contributed by atoms with Crippen LogP contribution in [0.3, 0.4) is 0 Å². The molecule has 1 N–H and O–H groups in total. The van der Waals surface area contributed by atoms with Crippen LogP contribution in [0.1, 0.15) is 10.4 Å². The molecule has 1 fully saturated rings. The Morgan fingerprint density at radius 3 is 2.51 bits per heavy atom. The first-order chi connectivity index (χ1) is 18.2. The summed E-state index contributed by atoms with van der Waals surface area (Å²) in [4.78, 5) is 39.1. The first kappa shape index (κ1) is 22.7. The predicted octanol–water partition coefficient (Wildman–Crippen LogP) is 4.19. The van der Waals surface area contributed by atoms with Crippen molar-refractivity contribution in [3.05, 3.63) is 97.0 Å². The third-order valence-corrected chi connectivity index (χ3v) is 6.80. The van der Waals surface area contributed by atoms with Crippen LogP contribution >= 0.6 is 0 Å². The summed E-state index contributed by atoms with van der Waals surface area (Å²) in [6.45, 7) is 2.75. The second-order valence-corrected chi connectivity index (χ2v) is 9.12. The molecule has 1 aliphatic heterocycles. The number of amides is 2. The average Bonchev–Trinajstić information content (AvgIpc) is 3.35. The third kappa shape index (κ3) is 4.61. The van der Waals surface area contributed by atoms with Crippen molar-refractivity contribution in [1.29, 1.82) is 0 Å². The Labute approximate surface area is 214 Å². The van der Waals surface area contributed by atoms with Crippen molar-refractivity contribution in [2.24, 2.45) is 0 Å². The Morgan fingerprint density at radius 2 is 1.62 bits per heavy atom. The van der Waals surface area contributed by atoms with Crippen LogP contribution in [0.2, 0.25) is 0 Å². The number of rotatable bonds is 5. The van der Waals surface area contributed by atoms with Gasteiger partial charge in [-0.15, -0.1) is 0 Å². The number of carbonyl (C=O) groups is 2. The molecule has 1 aliphatic rings. The summed E-state index contributed by atoms with van der Waals surface area (Å²) in [6.07, 6.45) is 5.33. The molecule has 0 bridgehead atoms. The maximum atomic E-state index is 13.2. The Balaban J connectivity index is 1.12. The van der Waals surface area contributed by atoms with Crippen LogP contribution in [-0.4, -0.2) is 57.4 Å². The van der Waals surface area contributed by atoms with E-state index >= 15 is 0 Å². The largest absolute Gasteiger partial charge is 0.367 e. The van der Waals surface area contributed by atoms with Crippen LogP contribution in [0.15, 0.2) is 91.4 Å². The monoisotopic (exact) mass is 490 g/mol. The molecule has 0 spiro atoms. The fraction of sp³-hybridized carbons (Fsp3) is 0.172. The van der Waals surface area contributed by atoms with Crippen molar-refractivity contribution in [3.63, 3.8) is 0 Å². The van der Waals surface area contributed by atoms with Crippen LogP contribution in [0, 0.1) is 0 Å². The number of nitrogens with zero attached hydrogens (tertiary/aromatic N) is 5. The van der Waals surface area contributed by atoms with E-state index in [4.69, 9.17) is 0 Å². The molecule has 6 rings (SSSR count). The Kier molecular flexibility index (Phi) is 5.98. The molecule has 2 amide bonds. The first-order valence-electron chi connectivity index (χ1n) is 12.3. The van der Waals surface area contributed by atoms with Gasteiger partial charge in [-0.25, -0.2) is 4.98 Å². The van der Waals surface area contributed by atoms with E-state index in [9.17, 15) is 9.59 Å². The van der Waals surface area contributed by atoms with Crippen molar-refractivity contribution in [2.75, 3.05) is 36.4 Å². The minimum atomic E-state index is -0.182. The zero-order chi connectivity index (χ0) is 25.2. The molecule has 0 radical (unpaired) electrons. The number of para-hydroxylation sites is 2. The maximum absolute atomic E-state index is 13.2. The second-order valence-electron chi connectivity index (χ2n) is 9.12. The Morgan fingerprint density at radius 1 is 0.838 bits per heavy atom. The van der Waals surface area contributed by atoms with Gasteiger partial charge in [0.15, 0.2) is 0 Å². The standard InChI is InChI=1S/C29H26N6O2/c36-27(20-35-13-11-21-7-5-12-30-28(21)35)34-16-14-33(15-17-34)26-10-4-2-8-24(26)29(37)32-23-18-22-6-1-3-9-25(22)31-19-23/h1-13,18-19H,14-17,20H2,(H,32,37). The van der Waals surface area contributed by atoms with Gasteiger partial charge >= 0.3 is 0 Å². The van der Waals surface area contributed by atoms with E-state index in [0.717, 1.165) is 27.6 Å². The highest BCUT2D eigenvalue weighted by Crippen LogP contribution is 2.24. The number of fused-ring (bicyclic) bond motifs is 2. The number of hydrogen-bond donors (Lipinski definition) is 1. The van der Waals surface area contributed by atoms with Crippen LogP contribution < -0.4 is 10.2 Å². The van der Waals surface area contributed by atoms with Gasteiger partial charge in [-0.3, -0.25) is 14.6 Å². The van der Waals surface area contributed by atoms with E-state index in [-0.39, 0.29) is 18.4 Å². The molecule has 5 aromatic rings. The Bertz CT molecular complexity index is 1600. The smallest absolute Gasteiger partial charge is 0.257 e. The van der Waals surface area contributed by atoms with Gasteiger partial charge in [-0.2, -0.15) is 0 Å². The summed E-state index contributed by atoms with van der Waals surface area (Å²) in [5, 5.41) is 4.99. The normalized spacial score (nSPS) is 13.7. The van der Waals surface area contributed by atoms with Crippen molar-refractivity contribution >= 4 is 45.1 Å². The second kappa shape index (κ2) is 9.73. The van der Waals surface area contributed by atoms with Crippen molar-refractivity contribution in [3.8, 4) is 0 Å². The molecule has 0 unspecified atom stereocenters. The van der Waals surface area contributed by atoms with E-state index in [1.807, 2.05) is 88.5 Å². The number of carbonyl (C=O) groups excluding carboxylic acids is 2. The number of pyridine rings is 2. The molecule has 0 saturated carbocycles. The average molecular weight is 491 g/mol. The minimum Gasteiger partial charge on any atom is -0.367 e. The van der Waals surface area contributed by atoms with E-state index in [1.54, 1.807) is 12.4 Å². The molecule has 184 valence electrons. The zero-order valence-electron chi connectivity index (χ0n) is 20.2. The molecule has 0 atom stereocenters. The first-order valence-corrected chi connectivity index (χ1v) is 12.3. The molecule has 8 nitrogen and oxygen atoms in total. The van der Waals surface area contributed by atoms with Gasteiger partial charge < -0.3 is 19.7 Å². The summed E-state index contributed by atoms with van der Waals surface area (Å²) >= 11 is 0. The minimum absolute atomic E-state index is 0.0673. The van der Waals surface area contributed by atoms with Crippen LogP contribution in [-0.2, 0) is 11.3 Å². The predicted molar refractivity (Wildman–Crippen MR) is 145 cm³/mol. The highest BCUT2D eigenvalue weighted by molar-refractivity contribution is 6.08. The summed E-state index contributed by atoms with van der Waals surface area (Å²) in [5.41, 5.74) is 3.81. The van der Waals surface area contributed by atoms with Crippen LogP contribution in [0.25, 0.3) is 21.9 Å². The number of aromatic nitrogens is 3. The van der Waals surface area contributed by atoms with Gasteiger partial charge in [0.05, 0.1) is 23.0 Å². The van der Waals surface area contributed by atoms with Gasteiger partial charge in [0.2, 0.25) is 5.91 Å². The lowest BCUT2D eigenvalue weighted by molar-refractivity contribution is -0.132. The summed E-state index contributed by atoms with van der Waals surface area (Å²) in [6, 6.07) is 23.2. The molecular formula is C29H26N6O2. The Hall–Kier alpha value is -4.72. The number of hydrogen-bond acceptors (Lipinski definition) is 5. The van der Waals surface area contributed by atoms with Gasteiger partial charge in [-0.1, -0.05) is 30.3 Å². The van der Waals surface area contributed by atoms with Gasteiger partial charge in [0.1, 0.15) is 12.2 Å². The number of piperazine rings is 1.